The summed E-state index contributed by atoms with van der Waals surface area (Å²) in [6.07, 6.45) is 0. The van der Waals surface area contributed by atoms with Crippen molar-refractivity contribution in [2.24, 2.45) is 0 Å². The minimum absolute atomic E-state index is 0.687. The molecule has 0 saturated carbocycles. The van der Waals surface area contributed by atoms with Crippen LogP contribution in [0.25, 0.3) is 0 Å². The number of nitrogen functional groups attached to an aromatic ring is 1. The second-order valence-electron chi connectivity index (χ2n) is 3.63. The maximum absolute atomic E-state index is 5.92. The number of nitrogens with one attached hydrogen (secondary N) is 1. The lowest BCUT2D eigenvalue weighted by molar-refractivity contribution is 0.695. The second kappa shape index (κ2) is 5.34. The van der Waals surface area contributed by atoms with Crippen LogP contribution in [-0.4, -0.2) is 0 Å². The molecule has 84 valence electrons. The largest absolute Gasteiger partial charge is 0.399 e. The van der Waals surface area contributed by atoms with Crippen LogP contribution in [0.5, 0.6) is 0 Å². The van der Waals surface area contributed by atoms with Crippen LogP contribution in [0.4, 0.5) is 5.69 Å². The molecule has 0 fully saturated rings. The quantitative estimate of drug-likeness (QED) is 0.820. The van der Waals surface area contributed by atoms with Crippen LogP contribution >= 0.6 is 22.9 Å². The topological polar surface area (TPSA) is 38.0 Å². The summed E-state index contributed by atoms with van der Waals surface area (Å²) < 4.78 is 0. The Kier molecular flexibility index (Phi) is 3.83. The summed E-state index contributed by atoms with van der Waals surface area (Å²) in [6.45, 7) is 1.65. The van der Waals surface area contributed by atoms with Crippen LogP contribution < -0.4 is 11.1 Å². The van der Waals surface area contributed by atoms with Crippen molar-refractivity contribution in [3.05, 3.63) is 51.2 Å². The predicted octanol–water partition coefficient (Wildman–Crippen LogP) is 3.27. The fraction of sp³-hybridized carbons (Fsp3) is 0.167. The lowest BCUT2D eigenvalue weighted by Crippen LogP contribution is -2.12. The summed E-state index contributed by atoms with van der Waals surface area (Å²) >= 11 is 7.63. The molecule has 0 atom stereocenters. The number of rotatable bonds is 4. The number of thiophene rings is 1. The highest BCUT2D eigenvalue weighted by molar-refractivity contribution is 7.07. The van der Waals surface area contributed by atoms with Gasteiger partial charge in [0.05, 0.1) is 0 Å². The average Bonchev–Trinajstić information content (AvgIpc) is 2.69. The molecule has 0 amide bonds. The molecule has 0 radical (unpaired) electrons. The third kappa shape index (κ3) is 3.23. The van der Waals surface area contributed by atoms with E-state index in [1.54, 1.807) is 17.4 Å². The number of hydrogen-bond acceptors (Lipinski definition) is 3. The molecule has 0 spiro atoms. The molecular formula is C12H13ClN2S. The van der Waals surface area contributed by atoms with Gasteiger partial charge in [-0.05, 0) is 46.2 Å². The van der Waals surface area contributed by atoms with Crippen molar-refractivity contribution in [2.45, 2.75) is 13.1 Å². The molecule has 0 unspecified atom stereocenters. The van der Waals surface area contributed by atoms with E-state index >= 15 is 0 Å². The van der Waals surface area contributed by atoms with E-state index in [9.17, 15) is 0 Å². The number of anilines is 1. The van der Waals surface area contributed by atoms with E-state index in [4.69, 9.17) is 17.3 Å². The fourth-order valence-electron chi connectivity index (χ4n) is 1.52. The predicted molar refractivity (Wildman–Crippen MR) is 70.7 cm³/mol. The second-order valence-corrected chi connectivity index (χ2v) is 4.84. The third-order valence-electron chi connectivity index (χ3n) is 2.22. The van der Waals surface area contributed by atoms with E-state index in [2.05, 4.69) is 22.1 Å². The number of hydrogen-bond donors (Lipinski definition) is 2. The molecule has 3 N–H and O–H groups in total. The van der Waals surface area contributed by atoms with Gasteiger partial charge in [-0.3, -0.25) is 0 Å². The van der Waals surface area contributed by atoms with Crippen LogP contribution in [0.3, 0.4) is 0 Å². The third-order valence-corrected chi connectivity index (χ3v) is 3.17. The first kappa shape index (κ1) is 11.5. The smallest absolute Gasteiger partial charge is 0.0429 e. The number of benzene rings is 1. The van der Waals surface area contributed by atoms with Crippen LogP contribution in [0.15, 0.2) is 35.0 Å². The Labute approximate surface area is 104 Å². The zero-order valence-corrected chi connectivity index (χ0v) is 10.3. The molecule has 2 nitrogen and oxygen atoms in total. The van der Waals surface area contributed by atoms with Gasteiger partial charge in [-0.2, -0.15) is 11.3 Å². The first-order valence-corrected chi connectivity index (χ1v) is 6.33. The monoisotopic (exact) mass is 252 g/mol. The van der Waals surface area contributed by atoms with E-state index < -0.39 is 0 Å². The van der Waals surface area contributed by atoms with Crippen molar-refractivity contribution in [1.82, 2.24) is 5.32 Å². The van der Waals surface area contributed by atoms with Crippen LogP contribution in [0.2, 0.25) is 5.02 Å². The van der Waals surface area contributed by atoms with E-state index in [0.29, 0.717) is 10.7 Å². The minimum atomic E-state index is 0.687. The van der Waals surface area contributed by atoms with Crippen LogP contribution in [0, 0.1) is 0 Å². The summed E-state index contributed by atoms with van der Waals surface area (Å²) in [5.41, 5.74) is 8.84. The van der Waals surface area contributed by atoms with Gasteiger partial charge < -0.3 is 11.1 Å². The van der Waals surface area contributed by atoms with Gasteiger partial charge in [0.15, 0.2) is 0 Å². The van der Waals surface area contributed by atoms with Crippen molar-refractivity contribution < 1.29 is 0 Å². The maximum Gasteiger partial charge on any atom is 0.0429 e. The van der Waals surface area contributed by atoms with Crippen molar-refractivity contribution >= 4 is 28.6 Å². The molecule has 0 aliphatic heterocycles. The van der Waals surface area contributed by atoms with Crippen molar-refractivity contribution in [1.29, 1.82) is 0 Å². The molecule has 2 aromatic rings. The summed E-state index contributed by atoms with van der Waals surface area (Å²) in [7, 11) is 0. The van der Waals surface area contributed by atoms with E-state index in [-0.39, 0.29) is 0 Å². The number of halogens is 1. The highest BCUT2D eigenvalue weighted by Crippen LogP contribution is 2.16. The molecule has 1 heterocycles. The highest BCUT2D eigenvalue weighted by Gasteiger charge is 1.98. The Morgan fingerprint density at radius 3 is 2.69 bits per heavy atom. The zero-order chi connectivity index (χ0) is 11.4. The number of nitrogens with two attached hydrogens (primary N) is 1. The summed E-state index contributed by atoms with van der Waals surface area (Å²) in [6, 6.07) is 7.74. The van der Waals surface area contributed by atoms with Crippen molar-refractivity contribution in [3.8, 4) is 0 Å². The maximum atomic E-state index is 5.92. The van der Waals surface area contributed by atoms with E-state index in [0.717, 1.165) is 18.7 Å². The van der Waals surface area contributed by atoms with E-state index in [1.807, 2.05) is 12.1 Å². The molecule has 2 rings (SSSR count). The van der Waals surface area contributed by atoms with Gasteiger partial charge in [-0.25, -0.2) is 0 Å². The van der Waals surface area contributed by atoms with Gasteiger partial charge in [0.25, 0.3) is 0 Å². The van der Waals surface area contributed by atoms with Crippen LogP contribution in [-0.2, 0) is 13.1 Å². The summed E-state index contributed by atoms with van der Waals surface area (Å²) in [4.78, 5) is 0. The van der Waals surface area contributed by atoms with Gasteiger partial charge in [0.1, 0.15) is 0 Å². The van der Waals surface area contributed by atoms with Crippen LogP contribution in [0.1, 0.15) is 11.1 Å². The molecule has 0 saturated heterocycles. The molecule has 4 heteroatoms. The van der Waals surface area contributed by atoms with Gasteiger partial charge in [0, 0.05) is 23.8 Å². The normalized spacial score (nSPS) is 10.6. The van der Waals surface area contributed by atoms with Gasteiger partial charge in [0.2, 0.25) is 0 Å². The highest BCUT2D eigenvalue weighted by atomic mass is 35.5. The molecule has 1 aromatic carbocycles. The van der Waals surface area contributed by atoms with Gasteiger partial charge in [-0.1, -0.05) is 11.6 Å². The molecular weight excluding hydrogens is 240 g/mol. The minimum Gasteiger partial charge on any atom is -0.399 e. The average molecular weight is 253 g/mol. The first-order valence-electron chi connectivity index (χ1n) is 5.01. The lowest BCUT2D eigenvalue weighted by Gasteiger charge is -2.05. The first-order chi connectivity index (χ1) is 7.74. The molecule has 0 aliphatic carbocycles. The van der Waals surface area contributed by atoms with Crippen molar-refractivity contribution in [3.63, 3.8) is 0 Å². The SMILES string of the molecule is Nc1cc(Cl)cc(CNCc2ccsc2)c1. The summed E-state index contributed by atoms with van der Waals surface area (Å²) in [5, 5.41) is 8.25. The Morgan fingerprint density at radius 1 is 1.19 bits per heavy atom. The molecule has 1 aromatic heterocycles. The fourth-order valence-corrected chi connectivity index (χ4v) is 2.46. The molecule has 0 aliphatic rings. The zero-order valence-electron chi connectivity index (χ0n) is 8.74. The standard InChI is InChI=1S/C12H13ClN2S/c13-11-3-10(4-12(14)5-11)7-15-6-9-1-2-16-8-9/h1-5,8,15H,6-7,14H2. The molecule has 0 bridgehead atoms. The Hall–Kier alpha value is -1.03. The lowest BCUT2D eigenvalue weighted by atomic mass is 10.2. The van der Waals surface area contributed by atoms with E-state index in [1.165, 1.54) is 5.56 Å². The Morgan fingerprint density at radius 2 is 2.00 bits per heavy atom. The molecule has 16 heavy (non-hydrogen) atoms. The van der Waals surface area contributed by atoms with Gasteiger partial charge in [-0.15, -0.1) is 0 Å². The van der Waals surface area contributed by atoms with Gasteiger partial charge >= 0.3 is 0 Å². The Bertz CT molecular complexity index is 434. The Balaban J connectivity index is 1.89. The summed E-state index contributed by atoms with van der Waals surface area (Å²) in [5.74, 6) is 0. The van der Waals surface area contributed by atoms with Crippen molar-refractivity contribution in [2.75, 3.05) is 5.73 Å².